The van der Waals surface area contributed by atoms with Crippen LogP contribution in [0.2, 0.25) is 0 Å². The second-order valence-corrected chi connectivity index (χ2v) is 5.45. The standard InChI is InChI=1S/C17H14N6O2/c24-23(25)17-16(20-15-8-4-5-9-21(15)17)18-10-13-11-19-22(12-13)14-6-2-1-3-7-14/h1-9,11-12,18H,10H2. The predicted molar refractivity (Wildman–Crippen MR) is 92.7 cm³/mol. The molecule has 0 aliphatic rings. The molecule has 4 rings (SSSR count). The molecule has 0 amide bonds. The molecule has 0 saturated carbocycles. The van der Waals surface area contributed by atoms with Gasteiger partial charge in [0.2, 0.25) is 11.5 Å². The summed E-state index contributed by atoms with van der Waals surface area (Å²) in [5.41, 5.74) is 2.37. The maximum Gasteiger partial charge on any atom is 0.372 e. The van der Waals surface area contributed by atoms with Crippen molar-refractivity contribution in [3.8, 4) is 5.69 Å². The van der Waals surface area contributed by atoms with Crippen molar-refractivity contribution in [3.05, 3.63) is 82.8 Å². The highest BCUT2D eigenvalue weighted by Gasteiger charge is 2.21. The van der Waals surface area contributed by atoms with Gasteiger partial charge in [-0.2, -0.15) is 14.5 Å². The van der Waals surface area contributed by atoms with Crippen molar-refractivity contribution in [2.75, 3.05) is 5.32 Å². The summed E-state index contributed by atoms with van der Waals surface area (Å²) in [5.74, 6) is 0.162. The van der Waals surface area contributed by atoms with Gasteiger partial charge >= 0.3 is 5.82 Å². The topological polar surface area (TPSA) is 90.3 Å². The minimum atomic E-state index is -0.435. The van der Waals surface area contributed by atoms with Crippen LogP contribution in [0.25, 0.3) is 11.3 Å². The van der Waals surface area contributed by atoms with Gasteiger partial charge in [-0.1, -0.05) is 24.3 Å². The molecule has 0 radical (unpaired) electrons. The number of hydrogen-bond donors (Lipinski definition) is 1. The van der Waals surface area contributed by atoms with Gasteiger partial charge in [0.15, 0.2) is 0 Å². The Morgan fingerprint density at radius 2 is 1.92 bits per heavy atom. The lowest BCUT2D eigenvalue weighted by Crippen LogP contribution is -2.02. The summed E-state index contributed by atoms with van der Waals surface area (Å²) in [5, 5.41) is 18.7. The predicted octanol–water partition coefficient (Wildman–Crippen LogP) is 3.04. The van der Waals surface area contributed by atoms with Gasteiger partial charge in [-0.25, -0.2) is 4.68 Å². The number of hydrogen-bond acceptors (Lipinski definition) is 5. The van der Waals surface area contributed by atoms with Crippen LogP contribution in [-0.2, 0) is 6.54 Å². The smallest absolute Gasteiger partial charge is 0.359 e. The summed E-state index contributed by atoms with van der Waals surface area (Å²) in [6.45, 7) is 0.386. The van der Waals surface area contributed by atoms with Gasteiger partial charge in [0, 0.05) is 24.4 Å². The van der Waals surface area contributed by atoms with Crippen LogP contribution in [0.1, 0.15) is 5.56 Å². The lowest BCUT2D eigenvalue weighted by Gasteiger charge is -2.01. The molecule has 0 spiro atoms. The average molecular weight is 334 g/mol. The van der Waals surface area contributed by atoms with E-state index in [1.165, 1.54) is 4.40 Å². The van der Waals surface area contributed by atoms with E-state index in [1.807, 2.05) is 36.5 Å². The first-order valence-corrected chi connectivity index (χ1v) is 7.67. The monoisotopic (exact) mass is 334 g/mol. The van der Waals surface area contributed by atoms with Crippen LogP contribution in [0, 0.1) is 10.1 Å². The van der Waals surface area contributed by atoms with E-state index in [1.54, 1.807) is 35.3 Å². The molecule has 124 valence electrons. The number of nitro groups is 1. The molecular weight excluding hydrogens is 320 g/mol. The van der Waals surface area contributed by atoms with Crippen molar-refractivity contribution in [1.82, 2.24) is 19.2 Å². The molecule has 3 heterocycles. The fourth-order valence-corrected chi connectivity index (χ4v) is 2.64. The highest BCUT2D eigenvalue weighted by Crippen LogP contribution is 2.25. The summed E-state index contributed by atoms with van der Waals surface area (Å²) in [7, 11) is 0. The fraction of sp³-hybridized carbons (Fsp3) is 0.0588. The number of fused-ring (bicyclic) bond motifs is 1. The van der Waals surface area contributed by atoms with Crippen molar-refractivity contribution in [1.29, 1.82) is 0 Å². The van der Waals surface area contributed by atoms with Crippen molar-refractivity contribution >= 4 is 17.3 Å². The number of rotatable bonds is 5. The van der Waals surface area contributed by atoms with E-state index >= 15 is 0 Å². The molecule has 8 nitrogen and oxygen atoms in total. The van der Waals surface area contributed by atoms with Crippen LogP contribution in [0.15, 0.2) is 67.1 Å². The lowest BCUT2D eigenvalue weighted by atomic mass is 10.3. The molecule has 0 aliphatic heterocycles. The Hall–Kier alpha value is -3.68. The van der Waals surface area contributed by atoms with E-state index < -0.39 is 4.92 Å². The molecular formula is C17H14N6O2. The van der Waals surface area contributed by atoms with Gasteiger partial charge in [-0.3, -0.25) is 0 Å². The van der Waals surface area contributed by atoms with E-state index in [0.29, 0.717) is 12.2 Å². The zero-order chi connectivity index (χ0) is 17.2. The van der Waals surface area contributed by atoms with Gasteiger partial charge in [0.25, 0.3) is 0 Å². The van der Waals surface area contributed by atoms with E-state index in [-0.39, 0.29) is 11.6 Å². The maximum atomic E-state index is 11.4. The number of para-hydroxylation sites is 1. The Morgan fingerprint density at radius 1 is 1.12 bits per heavy atom. The molecule has 0 saturated heterocycles. The van der Waals surface area contributed by atoms with Crippen molar-refractivity contribution in [2.24, 2.45) is 0 Å². The first-order chi connectivity index (χ1) is 12.2. The minimum absolute atomic E-state index is 0.0777. The number of nitrogens with one attached hydrogen (secondary N) is 1. The van der Waals surface area contributed by atoms with Crippen molar-refractivity contribution in [2.45, 2.75) is 6.54 Å². The van der Waals surface area contributed by atoms with Crippen molar-refractivity contribution in [3.63, 3.8) is 0 Å². The largest absolute Gasteiger partial charge is 0.372 e. The van der Waals surface area contributed by atoms with Gasteiger partial charge < -0.3 is 15.4 Å². The highest BCUT2D eigenvalue weighted by molar-refractivity contribution is 5.62. The van der Waals surface area contributed by atoms with Gasteiger partial charge in [0.05, 0.1) is 18.1 Å². The molecule has 0 bridgehead atoms. The molecule has 0 fully saturated rings. The normalized spacial score (nSPS) is 10.9. The summed E-state index contributed by atoms with van der Waals surface area (Å²) in [6.07, 6.45) is 5.23. The number of imidazole rings is 1. The van der Waals surface area contributed by atoms with E-state index in [0.717, 1.165) is 11.3 Å². The first kappa shape index (κ1) is 14.9. The van der Waals surface area contributed by atoms with Gasteiger partial charge in [0.1, 0.15) is 0 Å². The molecule has 4 aromatic rings. The highest BCUT2D eigenvalue weighted by atomic mass is 16.6. The fourth-order valence-electron chi connectivity index (χ4n) is 2.64. The third kappa shape index (κ3) is 2.80. The number of benzene rings is 1. The molecule has 0 aliphatic carbocycles. The zero-order valence-corrected chi connectivity index (χ0v) is 13.1. The molecule has 0 atom stereocenters. The lowest BCUT2D eigenvalue weighted by molar-refractivity contribution is -0.389. The first-order valence-electron chi connectivity index (χ1n) is 7.67. The summed E-state index contributed by atoms with van der Waals surface area (Å²) < 4.78 is 3.21. The Balaban J connectivity index is 1.58. The third-order valence-corrected chi connectivity index (χ3v) is 3.79. The van der Waals surface area contributed by atoms with Crippen LogP contribution in [0.4, 0.5) is 11.6 Å². The van der Waals surface area contributed by atoms with Crippen LogP contribution in [-0.4, -0.2) is 24.1 Å². The Morgan fingerprint density at radius 3 is 2.72 bits per heavy atom. The Kier molecular flexibility index (Phi) is 3.62. The molecule has 8 heteroatoms. The minimum Gasteiger partial charge on any atom is -0.359 e. The van der Waals surface area contributed by atoms with Gasteiger partial charge in [-0.15, -0.1) is 0 Å². The number of aromatic nitrogens is 4. The van der Waals surface area contributed by atoms with E-state index in [2.05, 4.69) is 15.4 Å². The Labute approximate surface area is 142 Å². The van der Waals surface area contributed by atoms with E-state index in [9.17, 15) is 10.1 Å². The zero-order valence-electron chi connectivity index (χ0n) is 13.1. The number of anilines is 1. The van der Waals surface area contributed by atoms with Crippen LogP contribution >= 0.6 is 0 Å². The second-order valence-electron chi connectivity index (χ2n) is 5.45. The summed E-state index contributed by atoms with van der Waals surface area (Å²) in [4.78, 5) is 15.2. The summed E-state index contributed by atoms with van der Waals surface area (Å²) in [6, 6.07) is 15.0. The van der Waals surface area contributed by atoms with Gasteiger partial charge in [-0.05, 0) is 23.1 Å². The molecule has 0 unspecified atom stereocenters. The third-order valence-electron chi connectivity index (χ3n) is 3.79. The summed E-state index contributed by atoms with van der Waals surface area (Å²) >= 11 is 0. The van der Waals surface area contributed by atoms with Crippen LogP contribution in [0.5, 0.6) is 0 Å². The maximum absolute atomic E-state index is 11.4. The average Bonchev–Trinajstić information content (AvgIpc) is 3.25. The molecule has 1 aromatic carbocycles. The number of pyridine rings is 1. The molecule has 3 aromatic heterocycles. The second kappa shape index (κ2) is 6.08. The molecule has 1 N–H and O–H groups in total. The van der Waals surface area contributed by atoms with E-state index in [4.69, 9.17) is 0 Å². The Bertz CT molecular complexity index is 1040. The number of nitrogens with zero attached hydrogens (tertiary/aromatic N) is 5. The van der Waals surface area contributed by atoms with Crippen LogP contribution in [0.3, 0.4) is 0 Å². The van der Waals surface area contributed by atoms with Crippen LogP contribution < -0.4 is 5.32 Å². The molecule has 25 heavy (non-hydrogen) atoms. The quantitative estimate of drug-likeness (QED) is 0.447. The SMILES string of the molecule is O=[N+]([O-])c1c(NCc2cnn(-c3ccccc3)c2)nc2ccccn12. The van der Waals surface area contributed by atoms with Crippen molar-refractivity contribution < 1.29 is 4.92 Å².